The van der Waals surface area contributed by atoms with E-state index in [-0.39, 0.29) is 17.5 Å². The van der Waals surface area contributed by atoms with Gasteiger partial charge >= 0.3 is 0 Å². The Morgan fingerprint density at radius 1 is 1.05 bits per heavy atom. The number of ether oxygens (including phenoxy) is 1. The lowest BCUT2D eigenvalue weighted by Gasteiger charge is -2.08. The molecule has 2 aromatic rings. The highest BCUT2D eigenvalue weighted by atomic mass is 35.5. The summed E-state index contributed by atoms with van der Waals surface area (Å²) in [6.45, 7) is 0.102. The van der Waals surface area contributed by atoms with E-state index in [1.165, 1.54) is 30.3 Å². The van der Waals surface area contributed by atoms with Gasteiger partial charge in [0.05, 0.1) is 10.9 Å². The van der Waals surface area contributed by atoms with Crippen LogP contribution in [0.3, 0.4) is 0 Å². The molecule has 0 aromatic heterocycles. The van der Waals surface area contributed by atoms with Crippen molar-refractivity contribution >= 4 is 23.2 Å². The molecule has 0 heterocycles. The normalized spacial score (nSPS) is 9.90. The Labute approximate surface area is 131 Å². The van der Waals surface area contributed by atoms with Crippen molar-refractivity contribution in [2.75, 3.05) is 5.88 Å². The van der Waals surface area contributed by atoms with Crippen LogP contribution in [0.5, 0.6) is 5.75 Å². The zero-order chi connectivity index (χ0) is 15.2. The molecule has 0 amide bonds. The van der Waals surface area contributed by atoms with Gasteiger partial charge in [0.1, 0.15) is 24.0 Å². The lowest BCUT2D eigenvalue weighted by atomic mass is 10.2. The van der Waals surface area contributed by atoms with Crippen LogP contribution < -0.4 is 4.74 Å². The van der Waals surface area contributed by atoms with E-state index in [4.69, 9.17) is 27.9 Å². The third-order valence-corrected chi connectivity index (χ3v) is 3.07. The van der Waals surface area contributed by atoms with E-state index in [1.807, 2.05) is 0 Å². The van der Waals surface area contributed by atoms with Crippen molar-refractivity contribution in [1.82, 2.24) is 0 Å². The fourth-order valence-corrected chi connectivity index (χ4v) is 1.94. The third kappa shape index (κ3) is 4.63. The Kier molecular flexibility index (Phi) is 5.44. The maximum atomic E-state index is 13.5. The maximum absolute atomic E-state index is 13.5. The Hall–Kier alpha value is -1.76. The van der Waals surface area contributed by atoms with Gasteiger partial charge in [0, 0.05) is 17.2 Å². The Morgan fingerprint density at radius 3 is 2.57 bits per heavy atom. The zero-order valence-corrected chi connectivity index (χ0v) is 12.3. The minimum atomic E-state index is -0.462. The first-order valence-corrected chi connectivity index (χ1v) is 6.92. The highest BCUT2D eigenvalue weighted by Gasteiger charge is 2.05. The molecular weight excluding hydrogens is 317 g/mol. The van der Waals surface area contributed by atoms with Crippen molar-refractivity contribution in [2.45, 2.75) is 6.61 Å². The number of hydrogen-bond acceptors (Lipinski definition) is 1. The monoisotopic (exact) mass is 326 g/mol. The molecule has 0 saturated heterocycles. The Morgan fingerprint density at radius 2 is 1.86 bits per heavy atom. The van der Waals surface area contributed by atoms with E-state index in [1.54, 1.807) is 6.07 Å². The molecule has 0 fully saturated rings. The van der Waals surface area contributed by atoms with E-state index < -0.39 is 11.6 Å². The molecule has 0 aliphatic carbocycles. The van der Waals surface area contributed by atoms with Gasteiger partial charge in [0.2, 0.25) is 0 Å². The predicted octanol–water partition coefficient (Wildman–Crippen LogP) is 4.79. The highest BCUT2D eigenvalue weighted by molar-refractivity contribution is 6.31. The quantitative estimate of drug-likeness (QED) is 0.582. The van der Waals surface area contributed by atoms with Crippen molar-refractivity contribution in [3.8, 4) is 17.6 Å². The van der Waals surface area contributed by atoms with Crippen LogP contribution >= 0.6 is 23.2 Å². The van der Waals surface area contributed by atoms with Crippen molar-refractivity contribution in [2.24, 2.45) is 0 Å². The van der Waals surface area contributed by atoms with Crippen LogP contribution in [0.15, 0.2) is 36.4 Å². The third-order valence-electron chi connectivity index (χ3n) is 2.58. The molecule has 108 valence electrons. The second-order valence-electron chi connectivity index (χ2n) is 4.14. The van der Waals surface area contributed by atoms with Crippen LogP contribution in [0.2, 0.25) is 5.02 Å². The van der Waals surface area contributed by atoms with E-state index >= 15 is 0 Å². The van der Waals surface area contributed by atoms with Crippen LogP contribution in [0.4, 0.5) is 8.78 Å². The van der Waals surface area contributed by atoms with Crippen molar-refractivity contribution in [3.05, 3.63) is 64.2 Å². The zero-order valence-electron chi connectivity index (χ0n) is 10.8. The summed E-state index contributed by atoms with van der Waals surface area (Å²) in [6, 6.07) is 8.13. The fourth-order valence-electron chi connectivity index (χ4n) is 1.65. The summed E-state index contributed by atoms with van der Waals surface area (Å²) in [5.41, 5.74) is 1.08. The topological polar surface area (TPSA) is 9.23 Å². The van der Waals surface area contributed by atoms with Gasteiger partial charge in [-0.15, -0.1) is 11.6 Å². The molecule has 0 atom stereocenters. The Balaban J connectivity index is 2.14. The molecular formula is C16H10Cl2F2O. The summed E-state index contributed by atoms with van der Waals surface area (Å²) < 4.78 is 31.9. The second-order valence-corrected chi connectivity index (χ2v) is 4.81. The average molecular weight is 327 g/mol. The standard InChI is InChI=1S/C16H10Cl2F2O/c17-5-1-2-11-6-14(20)8-15(7-11)21-10-12-3-4-13(19)9-16(12)18/h3-4,6-9H,5,10H2. The van der Waals surface area contributed by atoms with Crippen LogP contribution in [0.1, 0.15) is 11.1 Å². The lowest BCUT2D eigenvalue weighted by Crippen LogP contribution is -1.97. The molecule has 0 bridgehead atoms. The first kappa shape index (κ1) is 15.6. The van der Waals surface area contributed by atoms with E-state index in [2.05, 4.69) is 11.8 Å². The fraction of sp³-hybridized carbons (Fsp3) is 0.125. The molecule has 1 nitrogen and oxygen atoms in total. The smallest absolute Gasteiger partial charge is 0.128 e. The minimum absolute atomic E-state index is 0.102. The molecule has 0 radical (unpaired) electrons. The van der Waals surface area contributed by atoms with Crippen molar-refractivity contribution in [3.63, 3.8) is 0 Å². The molecule has 0 aliphatic heterocycles. The first-order valence-electron chi connectivity index (χ1n) is 6.00. The van der Waals surface area contributed by atoms with Crippen LogP contribution in [0.25, 0.3) is 0 Å². The largest absolute Gasteiger partial charge is 0.489 e. The van der Waals surface area contributed by atoms with Gasteiger partial charge in [0.15, 0.2) is 0 Å². The van der Waals surface area contributed by atoms with Gasteiger partial charge in [0.25, 0.3) is 0 Å². The molecule has 0 N–H and O–H groups in total. The summed E-state index contributed by atoms with van der Waals surface area (Å²) >= 11 is 11.4. The maximum Gasteiger partial charge on any atom is 0.128 e. The molecule has 2 rings (SSSR count). The van der Waals surface area contributed by atoms with Gasteiger partial charge in [-0.1, -0.05) is 29.5 Å². The summed E-state index contributed by atoms with van der Waals surface area (Å²) in [6.07, 6.45) is 0. The average Bonchev–Trinajstić information content (AvgIpc) is 2.43. The van der Waals surface area contributed by atoms with Gasteiger partial charge in [-0.05, 0) is 24.3 Å². The van der Waals surface area contributed by atoms with Crippen LogP contribution in [-0.4, -0.2) is 5.88 Å². The molecule has 21 heavy (non-hydrogen) atoms. The summed E-state index contributed by atoms with van der Waals surface area (Å²) in [5, 5.41) is 0.258. The summed E-state index contributed by atoms with van der Waals surface area (Å²) in [4.78, 5) is 0. The minimum Gasteiger partial charge on any atom is -0.489 e. The van der Waals surface area contributed by atoms with Crippen molar-refractivity contribution in [1.29, 1.82) is 0 Å². The predicted molar refractivity (Wildman–Crippen MR) is 79.7 cm³/mol. The molecule has 5 heteroatoms. The number of hydrogen-bond donors (Lipinski definition) is 0. The van der Waals surface area contributed by atoms with Crippen molar-refractivity contribution < 1.29 is 13.5 Å². The molecule has 2 aromatic carbocycles. The van der Waals surface area contributed by atoms with E-state index in [0.717, 1.165) is 0 Å². The molecule has 0 spiro atoms. The summed E-state index contributed by atoms with van der Waals surface area (Å²) in [5.74, 6) is 4.95. The highest BCUT2D eigenvalue weighted by Crippen LogP contribution is 2.21. The van der Waals surface area contributed by atoms with E-state index in [9.17, 15) is 8.78 Å². The van der Waals surface area contributed by atoms with Gasteiger partial charge in [-0.3, -0.25) is 0 Å². The molecule has 0 aliphatic rings. The molecule has 0 saturated carbocycles. The second kappa shape index (κ2) is 7.31. The summed E-state index contributed by atoms with van der Waals surface area (Å²) in [7, 11) is 0. The number of benzene rings is 2. The van der Waals surface area contributed by atoms with Gasteiger partial charge < -0.3 is 4.74 Å². The SMILES string of the molecule is Fc1cc(C#CCCl)cc(OCc2ccc(F)cc2Cl)c1. The van der Waals surface area contributed by atoms with Crippen LogP contribution in [0, 0.1) is 23.5 Å². The lowest BCUT2D eigenvalue weighted by molar-refractivity contribution is 0.304. The van der Waals surface area contributed by atoms with E-state index in [0.29, 0.717) is 16.9 Å². The number of alkyl halides is 1. The molecule has 0 unspecified atom stereocenters. The van der Waals surface area contributed by atoms with Gasteiger partial charge in [-0.2, -0.15) is 0 Å². The Bertz CT molecular complexity index is 705. The number of halogens is 4. The van der Waals surface area contributed by atoms with Gasteiger partial charge in [-0.25, -0.2) is 8.78 Å². The van der Waals surface area contributed by atoms with Crippen LogP contribution in [-0.2, 0) is 6.61 Å². The number of rotatable bonds is 3. The first-order chi connectivity index (χ1) is 10.1.